The molecule has 0 aromatic heterocycles. The van der Waals surface area contributed by atoms with Crippen molar-refractivity contribution in [1.82, 2.24) is 0 Å². The lowest BCUT2D eigenvalue weighted by Gasteiger charge is -2.14. The van der Waals surface area contributed by atoms with Gasteiger partial charge in [-0.1, -0.05) is 46.5 Å². The SMILES string of the molecule is CCCCOC[C@@H](CC)CCCC. The molecule has 0 amide bonds. The van der Waals surface area contributed by atoms with Crippen LogP contribution in [-0.2, 0) is 4.74 Å². The van der Waals surface area contributed by atoms with Crippen molar-refractivity contribution in [3.63, 3.8) is 0 Å². The van der Waals surface area contributed by atoms with E-state index in [1.807, 2.05) is 0 Å². The molecule has 0 saturated heterocycles. The summed E-state index contributed by atoms with van der Waals surface area (Å²) in [7, 11) is 0. The molecule has 0 rings (SSSR count). The minimum Gasteiger partial charge on any atom is -0.381 e. The van der Waals surface area contributed by atoms with Crippen LogP contribution in [0.1, 0.15) is 59.3 Å². The zero-order chi connectivity index (χ0) is 9.94. The minimum absolute atomic E-state index is 0.803. The molecule has 0 radical (unpaired) electrons. The molecule has 13 heavy (non-hydrogen) atoms. The summed E-state index contributed by atoms with van der Waals surface area (Å²) in [4.78, 5) is 0. The van der Waals surface area contributed by atoms with Gasteiger partial charge in [-0.2, -0.15) is 0 Å². The quantitative estimate of drug-likeness (QED) is 0.494. The molecule has 0 bridgehead atoms. The van der Waals surface area contributed by atoms with E-state index in [9.17, 15) is 0 Å². The van der Waals surface area contributed by atoms with E-state index in [0.29, 0.717) is 0 Å². The Labute approximate surface area is 83.9 Å². The third kappa shape index (κ3) is 8.29. The second kappa shape index (κ2) is 10.0. The highest BCUT2D eigenvalue weighted by atomic mass is 16.5. The first kappa shape index (κ1) is 13.0. The van der Waals surface area contributed by atoms with E-state index in [-0.39, 0.29) is 0 Å². The van der Waals surface area contributed by atoms with Crippen molar-refractivity contribution in [3.8, 4) is 0 Å². The predicted octanol–water partition coefficient (Wildman–Crippen LogP) is 4.02. The Hall–Kier alpha value is -0.0400. The number of hydrogen-bond donors (Lipinski definition) is 0. The summed E-state index contributed by atoms with van der Waals surface area (Å²) >= 11 is 0. The summed E-state index contributed by atoms with van der Waals surface area (Å²) in [6.07, 6.45) is 7.74. The first-order valence-corrected chi connectivity index (χ1v) is 5.92. The molecule has 1 atom stereocenters. The van der Waals surface area contributed by atoms with Gasteiger partial charge in [-0.3, -0.25) is 0 Å². The summed E-state index contributed by atoms with van der Waals surface area (Å²) in [6, 6.07) is 0. The number of ether oxygens (including phenoxy) is 1. The van der Waals surface area contributed by atoms with Crippen LogP contribution in [0.25, 0.3) is 0 Å². The minimum atomic E-state index is 0.803. The van der Waals surface area contributed by atoms with E-state index < -0.39 is 0 Å². The number of unbranched alkanes of at least 4 members (excludes halogenated alkanes) is 2. The Morgan fingerprint density at radius 3 is 2.23 bits per heavy atom. The van der Waals surface area contributed by atoms with E-state index in [2.05, 4.69) is 20.8 Å². The molecule has 1 heteroatoms. The molecule has 1 nitrogen and oxygen atoms in total. The first-order chi connectivity index (χ1) is 6.35. The van der Waals surface area contributed by atoms with Crippen LogP contribution in [0.15, 0.2) is 0 Å². The number of rotatable bonds is 9. The zero-order valence-electron chi connectivity index (χ0n) is 9.64. The van der Waals surface area contributed by atoms with Gasteiger partial charge in [-0.15, -0.1) is 0 Å². The highest BCUT2D eigenvalue weighted by molar-refractivity contribution is 4.55. The maximum Gasteiger partial charge on any atom is 0.0494 e. The summed E-state index contributed by atoms with van der Waals surface area (Å²) < 4.78 is 5.62. The fourth-order valence-corrected chi connectivity index (χ4v) is 1.39. The Balaban J connectivity index is 3.25. The smallest absolute Gasteiger partial charge is 0.0494 e. The second-order valence-corrected chi connectivity index (χ2v) is 3.84. The molecule has 0 unspecified atom stereocenters. The standard InChI is InChI=1S/C12H26O/c1-4-7-9-12(6-3)11-13-10-8-5-2/h12H,4-11H2,1-3H3/t12-/m0/s1. The third-order valence-corrected chi connectivity index (χ3v) is 2.54. The molecule has 0 saturated carbocycles. The molecule has 0 aromatic carbocycles. The summed E-state index contributed by atoms with van der Waals surface area (Å²) in [5, 5.41) is 0. The topological polar surface area (TPSA) is 9.23 Å². The fraction of sp³-hybridized carbons (Fsp3) is 1.00. The Morgan fingerprint density at radius 2 is 1.69 bits per heavy atom. The van der Waals surface area contributed by atoms with Gasteiger partial charge in [-0.25, -0.2) is 0 Å². The lowest BCUT2D eigenvalue weighted by molar-refractivity contribution is 0.0918. The van der Waals surface area contributed by atoms with Crippen LogP contribution < -0.4 is 0 Å². The third-order valence-electron chi connectivity index (χ3n) is 2.54. The predicted molar refractivity (Wildman–Crippen MR) is 59.0 cm³/mol. The number of hydrogen-bond acceptors (Lipinski definition) is 1. The van der Waals surface area contributed by atoms with Crippen molar-refractivity contribution in [1.29, 1.82) is 0 Å². The van der Waals surface area contributed by atoms with Gasteiger partial charge in [0.1, 0.15) is 0 Å². The average Bonchev–Trinajstić information content (AvgIpc) is 2.17. The lowest BCUT2D eigenvalue weighted by atomic mass is 10.0. The van der Waals surface area contributed by atoms with Crippen molar-refractivity contribution < 1.29 is 4.74 Å². The fourth-order valence-electron chi connectivity index (χ4n) is 1.39. The summed E-state index contributed by atoms with van der Waals surface area (Å²) in [5.41, 5.74) is 0. The van der Waals surface area contributed by atoms with Crippen molar-refractivity contribution in [2.75, 3.05) is 13.2 Å². The molecular weight excluding hydrogens is 160 g/mol. The van der Waals surface area contributed by atoms with E-state index in [0.717, 1.165) is 19.1 Å². The Morgan fingerprint density at radius 1 is 1.00 bits per heavy atom. The van der Waals surface area contributed by atoms with Crippen molar-refractivity contribution in [2.24, 2.45) is 5.92 Å². The molecule has 0 fully saturated rings. The summed E-state index contributed by atoms with van der Waals surface area (Å²) in [5.74, 6) is 0.803. The maximum atomic E-state index is 5.62. The van der Waals surface area contributed by atoms with E-state index >= 15 is 0 Å². The molecule has 0 aromatic rings. The van der Waals surface area contributed by atoms with Crippen LogP contribution in [0.4, 0.5) is 0 Å². The van der Waals surface area contributed by atoms with Crippen LogP contribution in [-0.4, -0.2) is 13.2 Å². The van der Waals surface area contributed by atoms with E-state index in [1.165, 1.54) is 38.5 Å². The van der Waals surface area contributed by atoms with Crippen LogP contribution in [0.5, 0.6) is 0 Å². The molecule has 80 valence electrons. The van der Waals surface area contributed by atoms with Crippen molar-refractivity contribution in [3.05, 3.63) is 0 Å². The average molecular weight is 186 g/mol. The van der Waals surface area contributed by atoms with Crippen LogP contribution in [0.3, 0.4) is 0 Å². The molecule has 0 N–H and O–H groups in total. The van der Waals surface area contributed by atoms with Crippen molar-refractivity contribution in [2.45, 2.75) is 59.3 Å². The lowest BCUT2D eigenvalue weighted by Crippen LogP contribution is -2.09. The highest BCUT2D eigenvalue weighted by Crippen LogP contribution is 2.12. The van der Waals surface area contributed by atoms with E-state index in [1.54, 1.807) is 0 Å². The Bertz CT molecular complexity index is 91.1. The Kier molecular flexibility index (Phi) is 10.0. The molecule has 0 heterocycles. The van der Waals surface area contributed by atoms with Gasteiger partial charge in [0, 0.05) is 13.2 Å². The van der Waals surface area contributed by atoms with Gasteiger partial charge in [0.2, 0.25) is 0 Å². The maximum absolute atomic E-state index is 5.62. The molecular formula is C12H26O. The highest BCUT2D eigenvalue weighted by Gasteiger charge is 2.04. The first-order valence-electron chi connectivity index (χ1n) is 5.92. The molecule has 0 spiro atoms. The largest absolute Gasteiger partial charge is 0.381 e. The molecule has 0 aliphatic carbocycles. The van der Waals surface area contributed by atoms with Gasteiger partial charge in [-0.05, 0) is 18.8 Å². The van der Waals surface area contributed by atoms with Gasteiger partial charge < -0.3 is 4.74 Å². The molecule has 0 aliphatic rings. The van der Waals surface area contributed by atoms with Gasteiger partial charge in [0.05, 0.1) is 0 Å². The van der Waals surface area contributed by atoms with Gasteiger partial charge in [0.25, 0.3) is 0 Å². The second-order valence-electron chi connectivity index (χ2n) is 3.84. The van der Waals surface area contributed by atoms with Gasteiger partial charge in [0.15, 0.2) is 0 Å². The summed E-state index contributed by atoms with van der Waals surface area (Å²) in [6.45, 7) is 8.67. The van der Waals surface area contributed by atoms with Gasteiger partial charge >= 0.3 is 0 Å². The van der Waals surface area contributed by atoms with Crippen LogP contribution in [0.2, 0.25) is 0 Å². The van der Waals surface area contributed by atoms with Crippen LogP contribution >= 0.6 is 0 Å². The normalized spacial score (nSPS) is 13.2. The monoisotopic (exact) mass is 186 g/mol. The van der Waals surface area contributed by atoms with Crippen molar-refractivity contribution >= 4 is 0 Å². The zero-order valence-corrected chi connectivity index (χ0v) is 9.64. The molecule has 0 aliphatic heterocycles. The van der Waals surface area contributed by atoms with Crippen LogP contribution in [0, 0.1) is 5.92 Å². The van der Waals surface area contributed by atoms with E-state index in [4.69, 9.17) is 4.74 Å².